The van der Waals surface area contributed by atoms with Crippen LogP contribution in [0.25, 0.3) is 0 Å². The highest BCUT2D eigenvalue weighted by Gasteiger charge is 2.05. The molecule has 90 valence electrons. The van der Waals surface area contributed by atoms with Crippen LogP contribution in [-0.4, -0.2) is 50.4 Å². The topological polar surface area (TPSA) is 34.6 Å². The monoisotopic (exact) mass is 224 g/mol. The largest absolute Gasteiger partial charge is 0.383 e. The summed E-state index contributed by atoms with van der Waals surface area (Å²) in [5, 5.41) is 0. The predicted molar refractivity (Wildman–Crippen MR) is 63.3 cm³/mol. The molecular weight excluding hydrogens is 204 g/mol. The van der Waals surface area contributed by atoms with Gasteiger partial charge in [0.15, 0.2) is 0 Å². The van der Waals surface area contributed by atoms with Crippen molar-refractivity contribution in [2.24, 2.45) is 0 Å². The fraction of sp³-hybridized carbons (Fsp3) is 0.583. The zero-order valence-corrected chi connectivity index (χ0v) is 10.1. The van der Waals surface area contributed by atoms with Gasteiger partial charge in [-0.2, -0.15) is 0 Å². The highest BCUT2D eigenvalue weighted by molar-refractivity contribution is 5.03. The Morgan fingerprint density at radius 1 is 1.12 bits per heavy atom. The Bertz CT molecular complexity index is 259. The first-order valence-corrected chi connectivity index (χ1v) is 5.47. The minimum absolute atomic E-state index is 0.733. The quantitative estimate of drug-likeness (QED) is 0.664. The number of hydrogen-bond acceptors (Lipinski definition) is 4. The van der Waals surface area contributed by atoms with Gasteiger partial charge < -0.3 is 9.47 Å². The van der Waals surface area contributed by atoms with Crippen LogP contribution in [0.3, 0.4) is 0 Å². The summed E-state index contributed by atoms with van der Waals surface area (Å²) in [4.78, 5) is 6.58. The standard InChI is InChI=1S/C12H20N2O2/c1-15-9-7-14(8-10-16-2)11-12-5-3-4-6-13-12/h3-6H,7-11H2,1-2H3. The van der Waals surface area contributed by atoms with Gasteiger partial charge in [0.05, 0.1) is 18.9 Å². The van der Waals surface area contributed by atoms with Gasteiger partial charge in [0.25, 0.3) is 0 Å². The van der Waals surface area contributed by atoms with Gasteiger partial charge in [0.1, 0.15) is 0 Å². The molecule has 0 radical (unpaired) electrons. The van der Waals surface area contributed by atoms with Gasteiger partial charge in [-0.25, -0.2) is 0 Å². The first-order chi connectivity index (χ1) is 7.86. The fourth-order valence-corrected chi connectivity index (χ4v) is 1.43. The smallest absolute Gasteiger partial charge is 0.0589 e. The van der Waals surface area contributed by atoms with Crippen molar-refractivity contribution in [3.8, 4) is 0 Å². The van der Waals surface area contributed by atoms with E-state index in [9.17, 15) is 0 Å². The van der Waals surface area contributed by atoms with Crippen LogP contribution in [-0.2, 0) is 16.0 Å². The highest BCUT2D eigenvalue weighted by Crippen LogP contribution is 2.00. The van der Waals surface area contributed by atoms with E-state index in [4.69, 9.17) is 9.47 Å². The molecule has 16 heavy (non-hydrogen) atoms. The van der Waals surface area contributed by atoms with Gasteiger partial charge in [-0.3, -0.25) is 9.88 Å². The summed E-state index contributed by atoms with van der Waals surface area (Å²) < 4.78 is 10.2. The van der Waals surface area contributed by atoms with Crippen LogP contribution in [0.4, 0.5) is 0 Å². The molecule has 1 heterocycles. The molecule has 0 bridgehead atoms. The number of aromatic nitrogens is 1. The van der Waals surface area contributed by atoms with Crippen molar-refractivity contribution in [3.63, 3.8) is 0 Å². The third-order valence-electron chi connectivity index (χ3n) is 2.34. The van der Waals surface area contributed by atoms with Crippen LogP contribution in [0.1, 0.15) is 5.69 Å². The maximum atomic E-state index is 5.09. The summed E-state index contributed by atoms with van der Waals surface area (Å²) in [5.41, 5.74) is 1.08. The molecule has 0 aliphatic heterocycles. The summed E-state index contributed by atoms with van der Waals surface area (Å²) in [7, 11) is 3.44. The number of hydrogen-bond donors (Lipinski definition) is 0. The maximum Gasteiger partial charge on any atom is 0.0589 e. The Hall–Kier alpha value is -0.970. The average Bonchev–Trinajstić information content (AvgIpc) is 2.34. The van der Waals surface area contributed by atoms with Gasteiger partial charge in [-0.15, -0.1) is 0 Å². The Balaban J connectivity index is 2.42. The Kier molecular flexibility index (Phi) is 6.72. The summed E-state index contributed by atoms with van der Waals surface area (Å²) >= 11 is 0. The lowest BCUT2D eigenvalue weighted by Crippen LogP contribution is -2.30. The van der Waals surface area contributed by atoms with E-state index in [1.807, 2.05) is 24.4 Å². The molecule has 0 saturated heterocycles. The molecule has 1 aromatic rings. The van der Waals surface area contributed by atoms with Crippen molar-refractivity contribution < 1.29 is 9.47 Å². The highest BCUT2D eigenvalue weighted by atomic mass is 16.5. The van der Waals surface area contributed by atoms with Crippen LogP contribution in [0.15, 0.2) is 24.4 Å². The van der Waals surface area contributed by atoms with Crippen molar-refractivity contribution in [3.05, 3.63) is 30.1 Å². The van der Waals surface area contributed by atoms with Crippen molar-refractivity contribution in [2.75, 3.05) is 40.5 Å². The van der Waals surface area contributed by atoms with Crippen LogP contribution in [0, 0.1) is 0 Å². The summed E-state index contributed by atoms with van der Waals surface area (Å²) in [6, 6.07) is 5.97. The van der Waals surface area contributed by atoms with E-state index in [2.05, 4.69) is 9.88 Å². The summed E-state index contributed by atoms with van der Waals surface area (Å²) in [6.07, 6.45) is 1.82. The first kappa shape index (κ1) is 13.1. The van der Waals surface area contributed by atoms with Gasteiger partial charge in [0.2, 0.25) is 0 Å². The third kappa shape index (κ3) is 5.21. The SMILES string of the molecule is COCCN(CCOC)Cc1ccccn1. The molecule has 0 unspecified atom stereocenters. The molecule has 0 fully saturated rings. The van der Waals surface area contributed by atoms with E-state index in [-0.39, 0.29) is 0 Å². The zero-order valence-electron chi connectivity index (χ0n) is 10.1. The predicted octanol–water partition coefficient (Wildman–Crippen LogP) is 1.18. The Morgan fingerprint density at radius 3 is 2.31 bits per heavy atom. The molecule has 1 rings (SSSR count). The third-order valence-corrected chi connectivity index (χ3v) is 2.34. The molecule has 4 heteroatoms. The second-order valence-corrected chi connectivity index (χ2v) is 3.58. The number of nitrogens with zero attached hydrogens (tertiary/aromatic N) is 2. The molecule has 4 nitrogen and oxygen atoms in total. The average molecular weight is 224 g/mol. The molecule has 0 aromatic carbocycles. The molecular formula is C12H20N2O2. The van der Waals surface area contributed by atoms with Crippen molar-refractivity contribution in [2.45, 2.75) is 6.54 Å². The van der Waals surface area contributed by atoms with E-state index >= 15 is 0 Å². The fourth-order valence-electron chi connectivity index (χ4n) is 1.43. The summed E-state index contributed by atoms with van der Waals surface area (Å²) in [5.74, 6) is 0. The van der Waals surface area contributed by atoms with Gasteiger partial charge in [-0.05, 0) is 12.1 Å². The number of rotatable bonds is 8. The minimum atomic E-state index is 0.733. The molecule has 0 aliphatic carbocycles. The lowest BCUT2D eigenvalue weighted by atomic mass is 10.3. The van der Waals surface area contributed by atoms with Crippen molar-refractivity contribution in [1.82, 2.24) is 9.88 Å². The molecule has 0 atom stereocenters. The molecule has 0 saturated carbocycles. The van der Waals surface area contributed by atoms with Gasteiger partial charge in [-0.1, -0.05) is 6.07 Å². The van der Waals surface area contributed by atoms with Gasteiger partial charge >= 0.3 is 0 Å². The second-order valence-electron chi connectivity index (χ2n) is 3.58. The normalized spacial score (nSPS) is 10.9. The zero-order chi connectivity index (χ0) is 11.6. The second kappa shape index (κ2) is 8.21. The lowest BCUT2D eigenvalue weighted by Gasteiger charge is -2.20. The summed E-state index contributed by atoms with van der Waals surface area (Å²) in [6.45, 7) is 4.10. The Morgan fingerprint density at radius 2 is 1.81 bits per heavy atom. The van der Waals surface area contributed by atoms with Crippen LogP contribution < -0.4 is 0 Å². The molecule has 0 aliphatic rings. The van der Waals surface area contributed by atoms with E-state index in [0.717, 1.165) is 38.5 Å². The number of methoxy groups -OCH3 is 2. The van der Waals surface area contributed by atoms with Gasteiger partial charge in [0, 0.05) is 40.1 Å². The van der Waals surface area contributed by atoms with Crippen LogP contribution in [0.5, 0.6) is 0 Å². The number of ether oxygens (including phenoxy) is 2. The van der Waals surface area contributed by atoms with Crippen molar-refractivity contribution in [1.29, 1.82) is 0 Å². The van der Waals surface area contributed by atoms with Crippen molar-refractivity contribution >= 4 is 0 Å². The molecule has 0 amide bonds. The van der Waals surface area contributed by atoms with E-state index in [0.29, 0.717) is 0 Å². The van der Waals surface area contributed by atoms with E-state index < -0.39 is 0 Å². The Labute approximate surface area is 97.2 Å². The maximum absolute atomic E-state index is 5.09. The molecule has 1 aromatic heterocycles. The van der Waals surface area contributed by atoms with Crippen LogP contribution >= 0.6 is 0 Å². The van der Waals surface area contributed by atoms with E-state index in [1.54, 1.807) is 14.2 Å². The lowest BCUT2D eigenvalue weighted by molar-refractivity contribution is 0.109. The van der Waals surface area contributed by atoms with Crippen LogP contribution in [0.2, 0.25) is 0 Å². The molecule has 0 N–H and O–H groups in total. The minimum Gasteiger partial charge on any atom is -0.383 e. The first-order valence-electron chi connectivity index (χ1n) is 5.47. The molecule has 0 spiro atoms. The van der Waals surface area contributed by atoms with E-state index in [1.165, 1.54) is 0 Å². The number of pyridine rings is 1.